The van der Waals surface area contributed by atoms with Gasteiger partial charge in [-0.25, -0.2) is 9.97 Å². The molecule has 178 valence electrons. The first-order chi connectivity index (χ1) is 16.4. The lowest BCUT2D eigenvalue weighted by Gasteiger charge is -2.54. The summed E-state index contributed by atoms with van der Waals surface area (Å²) in [4.78, 5) is 21.3. The average molecular weight is 462 g/mol. The molecule has 2 saturated heterocycles. The number of nitrogens with zero attached hydrogens (tertiary/aromatic N) is 3. The van der Waals surface area contributed by atoms with Gasteiger partial charge in [0.1, 0.15) is 17.2 Å². The Balaban J connectivity index is 1.47. The first-order valence-electron chi connectivity index (χ1n) is 12.0. The number of carbonyl (C=O) groups is 1. The smallest absolute Gasteiger partial charge is 0.222 e. The fraction of sp³-hybridized carbons (Fsp3) is 0.500. The fourth-order valence-corrected chi connectivity index (χ4v) is 5.90. The van der Waals surface area contributed by atoms with Crippen molar-refractivity contribution in [1.29, 1.82) is 0 Å². The average Bonchev–Trinajstić information content (AvgIpc) is 3.37. The Morgan fingerprint density at radius 2 is 2.12 bits per heavy atom. The van der Waals surface area contributed by atoms with Gasteiger partial charge in [-0.2, -0.15) is 0 Å². The molecule has 1 atom stereocenters. The number of ether oxygens (including phenoxy) is 2. The van der Waals surface area contributed by atoms with Crippen LogP contribution in [0.15, 0.2) is 30.6 Å². The van der Waals surface area contributed by atoms with Gasteiger partial charge in [-0.15, -0.1) is 0 Å². The van der Waals surface area contributed by atoms with E-state index in [2.05, 4.69) is 45.4 Å². The summed E-state index contributed by atoms with van der Waals surface area (Å²) >= 11 is 0. The molecule has 8 nitrogen and oxygen atoms in total. The van der Waals surface area contributed by atoms with Gasteiger partial charge < -0.3 is 24.7 Å². The molecule has 1 spiro atoms. The number of hydrogen-bond donors (Lipinski definition) is 2. The van der Waals surface area contributed by atoms with Crippen LogP contribution in [-0.4, -0.2) is 53.9 Å². The molecule has 3 aromatic heterocycles. The van der Waals surface area contributed by atoms with Crippen molar-refractivity contribution in [3.05, 3.63) is 47.4 Å². The molecular weight excluding hydrogens is 430 g/mol. The predicted octanol–water partition coefficient (Wildman–Crippen LogP) is 3.42. The van der Waals surface area contributed by atoms with Gasteiger partial charge in [0.2, 0.25) is 5.91 Å². The Kier molecular flexibility index (Phi) is 5.02. The minimum absolute atomic E-state index is 0.136. The maximum Gasteiger partial charge on any atom is 0.222 e. The third kappa shape index (κ3) is 3.43. The van der Waals surface area contributed by atoms with Crippen molar-refractivity contribution in [1.82, 2.24) is 19.9 Å². The number of nitrogens with one attached hydrogen (secondary N) is 2. The second-order valence-electron chi connectivity index (χ2n) is 10.3. The number of methoxy groups -OCH3 is 1. The fourth-order valence-electron chi connectivity index (χ4n) is 5.90. The zero-order valence-corrected chi connectivity index (χ0v) is 20.0. The van der Waals surface area contributed by atoms with Crippen molar-refractivity contribution in [3.63, 3.8) is 0 Å². The molecular formula is C26H31N5O3. The highest BCUT2D eigenvalue weighted by molar-refractivity contribution is 5.92. The third-order valence-electron chi connectivity index (χ3n) is 7.87. The highest BCUT2D eigenvalue weighted by Crippen LogP contribution is 2.54. The highest BCUT2D eigenvalue weighted by atomic mass is 16.5. The molecule has 1 aliphatic carbocycles. The molecule has 1 saturated carbocycles. The lowest BCUT2D eigenvalue weighted by Crippen LogP contribution is -2.59. The van der Waals surface area contributed by atoms with Crippen molar-refractivity contribution in [3.8, 4) is 5.82 Å². The van der Waals surface area contributed by atoms with Crippen molar-refractivity contribution in [2.45, 2.75) is 44.6 Å². The Morgan fingerprint density at radius 3 is 2.76 bits per heavy atom. The monoisotopic (exact) mass is 461 g/mol. The molecule has 8 heteroatoms. The summed E-state index contributed by atoms with van der Waals surface area (Å²) in [5, 5.41) is 7.38. The van der Waals surface area contributed by atoms with E-state index in [-0.39, 0.29) is 5.91 Å². The third-order valence-corrected chi connectivity index (χ3v) is 7.87. The summed E-state index contributed by atoms with van der Waals surface area (Å²) in [6.07, 6.45) is 7.30. The van der Waals surface area contributed by atoms with E-state index in [0.29, 0.717) is 30.4 Å². The van der Waals surface area contributed by atoms with Crippen LogP contribution in [0.5, 0.6) is 0 Å². The quantitative estimate of drug-likeness (QED) is 0.605. The molecule has 5 heterocycles. The molecule has 0 unspecified atom stereocenters. The van der Waals surface area contributed by atoms with Gasteiger partial charge in [0.05, 0.1) is 17.8 Å². The number of rotatable bonds is 5. The van der Waals surface area contributed by atoms with Gasteiger partial charge >= 0.3 is 0 Å². The van der Waals surface area contributed by atoms with Crippen LogP contribution >= 0.6 is 0 Å². The molecule has 1 amide bonds. The Labute approximate surface area is 199 Å². The Bertz CT molecular complexity index is 1260. The second kappa shape index (κ2) is 7.86. The first-order valence-corrected chi connectivity index (χ1v) is 12.0. The number of carbonyl (C=O) groups excluding carboxylic acids is 1. The molecule has 3 aliphatic rings. The van der Waals surface area contributed by atoms with E-state index in [1.807, 2.05) is 12.3 Å². The largest absolute Gasteiger partial charge is 0.378 e. The van der Waals surface area contributed by atoms with Crippen LogP contribution in [0.2, 0.25) is 0 Å². The van der Waals surface area contributed by atoms with E-state index < -0.39 is 5.60 Å². The predicted molar refractivity (Wildman–Crippen MR) is 129 cm³/mol. The summed E-state index contributed by atoms with van der Waals surface area (Å²) in [5.74, 6) is 1.76. The topological polar surface area (TPSA) is 90.3 Å². The lowest BCUT2D eigenvalue weighted by molar-refractivity contribution is -0.114. The molecule has 2 aliphatic heterocycles. The van der Waals surface area contributed by atoms with E-state index >= 15 is 0 Å². The summed E-state index contributed by atoms with van der Waals surface area (Å²) in [6.45, 7) is 7.00. The van der Waals surface area contributed by atoms with Crippen LogP contribution in [0.1, 0.15) is 48.9 Å². The Morgan fingerprint density at radius 1 is 1.29 bits per heavy atom. The first kappa shape index (κ1) is 21.7. The molecule has 34 heavy (non-hydrogen) atoms. The zero-order chi connectivity index (χ0) is 23.5. The maximum atomic E-state index is 11.7. The van der Waals surface area contributed by atoms with Crippen molar-refractivity contribution in [2.24, 2.45) is 5.41 Å². The second-order valence-corrected chi connectivity index (χ2v) is 10.3. The number of pyridine rings is 2. The normalized spacial score (nSPS) is 23.7. The van der Waals surface area contributed by atoms with Crippen LogP contribution in [-0.2, 0) is 19.9 Å². The Hall–Kier alpha value is -2.81. The van der Waals surface area contributed by atoms with Crippen molar-refractivity contribution >= 4 is 22.6 Å². The summed E-state index contributed by atoms with van der Waals surface area (Å²) < 4.78 is 13.8. The highest BCUT2D eigenvalue weighted by Gasteiger charge is 2.49. The van der Waals surface area contributed by atoms with Crippen LogP contribution in [0.25, 0.3) is 16.7 Å². The SMILES string of the molecule is CO[C@@]1(c2cc(C)cc(-n3cc(C4CC5(CNC5)C4)c4cnc(NC(C)=O)cc43)n2)CCOC1. The van der Waals surface area contributed by atoms with Crippen molar-refractivity contribution in [2.75, 3.05) is 38.7 Å². The molecule has 0 radical (unpaired) electrons. The standard InChI is InChI=1S/C26H31N5O3/c1-16-6-22(26(33-3)4-5-34-15-26)30-24(7-16)31-12-20(18-9-25(10-18)13-27-14-25)19-11-28-23(8-21(19)31)29-17(2)32/h6-8,11-12,18,27H,4-5,9-10,13-15H2,1-3H3,(H,28,29,32)/t26-/m0/s1. The summed E-state index contributed by atoms with van der Waals surface area (Å²) in [5.41, 5.74) is 4.28. The molecule has 6 rings (SSSR count). The van der Waals surface area contributed by atoms with Gasteiger partial charge in [0, 0.05) is 64.0 Å². The van der Waals surface area contributed by atoms with Crippen LogP contribution in [0, 0.1) is 12.3 Å². The lowest BCUT2D eigenvalue weighted by atomic mass is 9.57. The van der Waals surface area contributed by atoms with Crippen LogP contribution < -0.4 is 10.6 Å². The van der Waals surface area contributed by atoms with Crippen LogP contribution in [0.3, 0.4) is 0 Å². The molecule has 3 aromatic rings. The van der Waals surface area contributed by atoms with Gasteiger partial charge in [-0.3, -0.25) is 4.79 Å². The van der Waals surface area contributed by atoms with E-state index in [4.69, 9.17) is 14.5 Å². The molecule has 2 N–H and O–H groups in total. The maximum absolute atomic E-state index is 11.7. The van der Waals surface area contributed by atoms with Crippen LogP contribution in [0.4, 0.5) is 5.82 Å². The van der Waals surface area contributed by atoms with Gasteiger partial charge in [-0.1, -0.05) is 0 Å². The number of aryl methyl sites for hydroxylation is 1. The number of anilines is 1. The van der Waals surface area contributed by atoms with Gasteiger partial charge in [-0.05, 0) is 54.4 Å². The minimum atomic E-state index is -0.521. The number of hydrogen-bond acceptors (Lipinski definition) is 6. The number of fused-ring (bicyclic) bond motifs is 1. The summed E-state index contributed by atoms with van der Waals surface area (Å²) in [7, 11) is 1.73. The molecule has 0 aromatic carbocycles. The van der Waals surface area contributed by atoms with E-state index in [1.165, 1.54) is 25.3 Å². The zero-order valence-electron chi connectivity index (χ0n) is 20.0. The van der Waals surface area contributed by atoms with Gasteiger partial charge in [0.25, 0.3) is 0 Å². The minimum Gasteiger partial charge on any atom is -0.378 e. The van der Waals surface area contributed by atoms with Crippen molar-refractivity contribution < 1.29 is 14.3 Å². The molecule has 0 bridgehead atoms. The van der Waals surface area contributed by atoms with Gasteiger partial charge in [0.15, 0.2) is 0 Å². The number of amides is 1. The number of aromatic nitrogens is 3. The summed E-state index contributed by atoms with van der Waals surface area (Å²) in [6, 6.07) is 6.15. The van der Waals surface area contributed by atoms with E-state index in [1.54, 1.807) is 7.11 Å². The molecule has 3 fully saturated rings. The van der Waals surface area contributed by atoms with E-state index in [0.717, 1.165) is 47.5 Å². The van der Waals surface area contributed by atoms with E-state index in [9.17, 15) is 4.79 Å².